The second-order valence-corrected chi connectivity index (χ2v) is 7.34. The van der Waals surface area contributed by atoms with Gasteiger partial charge in [-0.3, -0.25) is 0 Å². The van der Waals surface area contributed by atoms with Crippen molar-refractivity contribution in [2.45, 2.75) is 9.79 Å². The van der Waals surface area contributed by atoms with Crippen LogP contribution in [0.5, 0.6) is 0 Å². The van der Waals surface area contributed by atoms with Gasteiger partial charge in [-0.05, 0) is 23.3 Å². The Morgan fingerprint density at radius 3 is 1.39 bits per heavy atom. The van der Waals surface area contributed by atoms with Gasteiger partial charge >= 0.3 is 0 Å². The van der Waals surface area contributed by atoms with Crippen molar-refractivity contribution in [3.8, 4) is 22.3 Å². The molecule has 0 aromatic heterocycles. The zero-order valence-corrected chi connectivity index (χ0v) is 13.1. The summed E-state index contributed by atoms with van der Waals surface area (Å²) in [5, 5.41) is 0. The highest BCUT2D eigenvalue weighted by Gasteiger charge is 2.27. The quantitative estimate of drug-likeness (QED) is 0.535. The Hall–Kier alpha value is -2.65. The second kappa shape index (κ2) is 5.21. The monoisotopic (exact) mass is 318 g/mol. The third-order valence-corrected chi connectivity index (χ3v) is 5.95. The first-order valence-electron chi connectivity index (χ1n) is 7.38. The molecular weight excluding hydrogens is 304 g/mol. The summed E-state index contributed by atoms with van der Waals surface area (Å²) in [4.78, 5) is 0.727. The van der Waals surface area contributed by atoms with E-state index in [1.807, 2.05) is 72.8 Å². The van der Waals surface area contributed by atoms with E-state index in [0.29, 0.717) is 9.79 Å². The summed E-state index contributed by atoms with van der Waals surface area (Å²) in [6.07, 6.45) is 0. The maximum absolute atomic E-state index is 13.2. The lowest BCUT2D eigenvalue weighted by atomic mass is 10.2. The van der Waals surface area contributed by atoms with Crippen LogP contribution < -0.4 is 0 Å². The fourth-order valence-corrected chi connectivity index (χ4v) is 4.64. The van der Waals surface area contributed by atoms with Crippen molar-refractivity contribution >= 4 is 9.84 Å². The number of hydrogen-bond donors (Lipinski definition) is 0. The molecule has 4 aliphatic rings. The summed E-state index contributed by atoms with van der Waals surface area (Å²) in [5.41, 5.74) is 3.36. The molecule has 0 N–H and O–H groups in total. The van der Waals surface area contributed by atoms with Crippen LogP contribution in [0.25, 0.3) is 22.3 Å². The Morgan fingerprint density at radius 1 is 0.478 bits per heavy atom. The van der Waals surface area contributed by atoms with Crippen LogP contribution in [-0.4, -0.2) is 8.42 Å². The van der Waals surface area contributed by atoms with E-state index < -0.39 is 9.84 Å². The average Bonchev–Trinajstić information content (AvgIpc) is 2.97. The molecule has 0 aromatic rings. The van der Waals surface area contributed by atoms with Gasteiger partial charge in [-0.1, -0.05) is 72.8 Å². The molecule has 0 fully saturated rings. The summed E-state index contributed by atoms with van der Waals surface area (Å²) in [6, 6.07) is 26.0. The Bertz CT molecular complexity index is 956. The summed E-state index contributed by atoms with van der Waals surface area (Å²) >= 11 is 0. The fraction of sp³-hybridized carbons (Fsp3) is 0. The van der Waals surface area contributed by atoms with E-state index in [-0.39, 0.29) is 0 Å². The normalized spacial score (nSPS) is 11.8. The molecule has 0 saturated heterocycles. The van der Waals surface area contributed by atoms with Gasteiger partial charge in [-0.25, -0.2) is 8.42 Å². The lowest BCUT2D eigenvalue weighted by molar-refractivity contribution is 0.597. The molecule has 0 atom stereocenters. The molecule has 0 spiro atoms. The van der Waals surface area contributed by atoms with E-state index in [9.17, 15) is 8.42 Å². The highest BCUT2D eigenvalue weighted by atomic mass is 32.2. The molecule has 0 unspecified atom stereocenters. The fourth-order valence-electron chi connectivity index (χ4n) is 2.96. The second-order valence-electron chi connectivity index (χ2n) is 5.46. The lowest BCUT2D eigenvalue weighted by Crippen LogP contribution is -2.01. The van der Waals surface area contributed by atoms with Crippen LogP contribution in [0.15, 0.2) is 94.7 Å². The minimum absolute atomic E-state index is 0.364. The molecule has 0 bridgehead atoms. The molecule has 23 heavy (non-hydrogen) atoms. The number of rotatable bonds is 2. The van der Waals surface area contributed by atoms with E-state index in [1.54, 1.807) is 12.1 Å². The van der Waals surface area contributed by atoms with Crippen LogP contribution in [-0.2, 0) is 9.84 Å². The molecule has 4 aliphatic carbocycles. The van der Waals surface area contributed by atoms with Crippen LogP contribution in [0, 0.1) is 0 Å². The largest absolute Gasteiger partial charge is 0.218 e. The van der Waals surface area contributed by atoms with Gasteiger partial charge < -0.3 is 0 Å². The lowest BCUT2D eigenvalue weighted by Gasteiger charge is -2.05. The van der Waals surface area contributed by atoms with Crippen LogP contribution in [0.3, 0.4) is 0 Å². The number of hydrogen-bond acceptors (Lipinski definition) is 2. The predicted octanol–water partition coefficient (Wildman–Crippen LogP) is 4.73. The zero-order valence-electron chi connectivity index (χ0n) is 12.3. The molecule has 0 aliphatic heterocycles. The van der Waals surface area contributed by atoms with E-state index in [0.717, 1.165) is 22.3 Å². The van der Waals surface area contributed by atoms with Gasteiger partial charge in [0.15, 0.2) is 0 Å². The van der Waals surface area contributed by atoms with Crippen LogP contribution in [0.1, 0.15) is 0 Å². The first-order valence-corrected chi connectivity index (χ1v) is 8.87. The molecule has 2 nitrogen and oxygen atoms in total. The first kappa shape index (κ1) is 14.0. The van der Waals surface area contributed by atoms with Gasteiger partial charge in [0.1, 0.15) is 0 Å². The van der Waals surface area contributed by atoms with E-state index in [2.05, 4.69) is 0 Å². The molecular formula is C20H14O2S. The van der Waals surface area contributed by atoms with Crippen LogP contribution >= 0.6 is 0 Å². The van der Waals surface area contributed by atoms with Gasteiger partial charge in [-0.2, -0.15) is 0 Å². The predicted molar refractivity (Wildman–Crippen MR) is 91.6 cm³/mol. The standard InChI is InChI=1S/C20H14O2S/c21-23(22,19-13-11-15-7-3-1-5-9-17(15)19)20-14-12-16-8-4-2-6-10-18(16)20/h1-14H. The SMILES string of the molecule is O=S(=O)(c1ccc2cccccc1-2)c1ccc2cccccc1-2. The topological polar surface area (TPSA) is 34.1 Å². The molecule has 0 amide bonds. The molecule has 4 rings (SSSR count). The summed E-state index contributed by atoms with van der Waals surface area (Å²) < 4.78 is 26.4. The Morgan fingerprint density at radius 2 is 0.913 bits per heavy atom. The molecule has 112 valence electrons. The molecule has 0 aromatic carbocycles. The first-order chi connectivity index (χ1) is 11.2. The average molecular weight is 318 g/mol. The van der Waals surface area contributed by atoms with Crippen molar-refractivity contribution < 1.29 is 8.42 Å². The molecule has 0 heterocycles. The van der Waals surface area contributed by atoms with Gasteiger partial charge in [0.05, 0.1) is 9.79 Å². The van der Waals surface area contributed by atoms with Crippen molar-refractivity contribution in [3.05, 3.63) is 84.9 Å². The van der Waals surface area contributed by atoms with Crippen LogP contribution in [0.4, 0.5) is 0 Å². The van der Waals surface area contributed by atoms with Crippen LogP contribution in [0.2, 0.25) is 0 Å². The Labute approximate surface area is 135 Å². The third kappa shape index (κ3) is 2.21. The third-order valence-electron chi connectivity index (χ3n) is 4.08. The maximum Gasteiger partial charge on any atom is 0.207 e. The van der Waals surface area contributed by atoms with Crippen molar-refractivity contribution in [1.29, 1.82) is 0 Å². The van der Waals surface area contributed by atoms with Gasteiger partial charge in [0, 0.05) is 11.1 Å². The Balaban J connectivity index is 1.95. The minimum atomic E-state index is -3.57. The van der Waals surface area contributed by atoms with E-state index in [4.69, 9.17) is 0 Å². The Kier molecular flexibility index (Phi) is 3.17. The number of fused-ring (bicyclic) bond motifs is 2. The molecule has 0 saturated carbocycles. The number of sulfone groups is 1. The highest BCUT2D eigenvalue weighted by molar-refractivity contribution is 7.91. The maximum atomic E-state index is 13.2. The van der Waals surface area contributed by atoms with Crippen molar-refractivity contribution in [1.82, 2.24) is 0 Å². The molecule has 3 heteroatoms. The van der Waals surface area contributed by atoms with Gasteiger partial charge in [-0.15, -0.1) is 0 Å². The smallest absolute Gasteiger partial charge is 0.207 e. The highest BCUT2D eigenvalue weighted by Crippen LogP contribution is 2.38. The summed E-state index contributed by atoms with van der Waals surface area (Å²) in [6.45, 7) is 0. The van der Waals surface area contributed by atoms with Crippen molar-refractivity contribution in [2.75, 3.05) is 0 Å². The van der Waals surface area contributed by atoms with E-state index >= 15 is 0 Å². The summed E-state index contributed by atoms with van der Waals surface area (Å²) in [7, 11) is -3.57. The van der Waals surface area contributed by atoms with E-state index in [1.165, 1.54) is 0 Å². The van der Waals surface area contributed by atoms with Gasteiger partial charge in [0.2, 0.25) is 9.84 Å². The van der Waals surface area contributed by atoms with Gasteiger partial charge in [0.25, 0.3) is 0 Å². The molecule has 0 radical (unpaired) electrons. The summed E-state index contributed by atoms with van der Waals surface area (Å²) in [5.74, 6) is 0. The zero-order chi connectivity index (χ0) is 15.9. The van der Waals surface area contributed by atoms with Crippen molar-refractivity contribution in [2.24, 2.45) is 0 Å². The minimum Gasteiger partial charge on any atom is -0.218 e. The van der Waals surface area contributed by atoms with Crippen molar-refractivity contribution in [3.63, 3.8) is 0 Å².